The Labute approximate surface area is 176 Å². The number of aromatic amines is 1. The lowest BCUT2D eigenvalue weighted by molar-refractivity contribution is 0.410. The number of benzene rings is 2. The molecular formula is C21H18IN5O. The molecule has 2 heterocycles. The molecule has 0 saturated carbocycles. The van der Waals surface area contributed by atoms with Crippen LogP contribution in [-0.2, 0) is 0 Å². The molecule has 4 rings (SSSR count). The molecular weight excluding hydrogens is 465 g/mol. The van der Waals surface area contributed by atoms with Crippen LogP contribution in [0, 0.1) is 17.4 Å². The van der Waals surface area contributed by atoms with E-state index in [-0.39, 0.29) is 0 Å². The van der Waals surface area contributed by atoms with E-state index in [1.54, 1.807) is 7.11 Å². The molecule has 0 aliphatic heterocycles. The minimum Gasteiger partial charge on any atom is -0.494 e. The fourth-order valence-electron chi connectivity index (χ4n) is 3.35. The van der Waals surface area contributed by atoms with Crippen LogP contribution in [0.5, 0.6) is 5.75 Å². The van der Waals surface area contributed by atoms with Crippen molar-refractivity contribution in [3.05, 3.63) is 63.5 Å². The molecule has 1 N–H and O–H groups in total. The van der Waals surface area contributed by atoms with E-state index in [4.69, 9.17) is 4.74 Å². The monoisotopic (exact) mass is 483 g/mol. The topological polar surface area (TPSA) is 76.6 Å². The van der Waals surface area contributed by atoms with E-state index in [0.717, 1.165) is 48.5 Å². The summed E-state index contributed by atoms with van der Waals surface area (Å²) in [6.07, 6.45) is 0. The predicted molar refractivity (Wildman–Crippen MR) is 117 cm³/mol. The average Bonchev–Trinajstić information content (AvgIpc) is 3.25. The van der Waals surface area contributed by atoms with E-state index in [1.807, 2.05) is 32.0 Å². The second-order valence-corrected chi connectivity index (χ2v) is 7.45. The third kappa shape index (κ3) is 3.26. The molecule has 0 bridgehead atoms. The fraction of sp³-hybridized carbons (Fsp3) is 0.143. The van der Waals surface area contributed by atoms with Crippen LogP contribution in [0.25, 0.3) is 33.6 Å². The van der Waals surface area contributed by atoms with Crippen LogP contribution >= 0.6 is 22.6 Å². The minimum atomic E-state index is 0.553. The summed E-state index contributed by atoms with van der Waals surface area (Å²) in [7, 11) is 1.68. The summed E-state index contributed by atoms with van der Waals surface area (Å²) in [5.74, 6) is 1.33. The van der Waals surface area contributed by atoms with Gasteiger partial charge in [0.1, 0.15) is 5.75 Å². The summed E-state index contributed by atoms with van der Waals surface area (Å²) in [4.78, 5) is 4.60. The third-order valence-electron chi connectivity index (χ3n) is 4.61. The highest BCUT2D eigenvalue weighted by atomic mass is 127. The second-order valence-electron chi connectivity index (χ2n) is 6.37. The van der Waals surface area contributed by atoms with Crippen LogP contribution in [-0.4, -0.2) is 32.7 Å². The first kappa shape index (κ1) is 18.5. The quantitative estimate of drug-likeness (QED) is 0.421. The lowest BCUT2D eigenvalue weighted by atomic mass is 9.94. The maximum Gasteiger partial charge on any atom is 0.205 e. The van der Waals surface area contributed by atoms with Crippen molar-refractivity contribution in [2.45, 2.75) is 13.8 Å². The van der Waals surface area contributed by atoms with E-state index in [1.165, 1.54) is 0 Å². The van der Waals surface area contributed by atoms with Crippen LogP contribution in [0.4, 0.5) is 0 Å². The van der Waals surface area contributed by atoms with Crippen molar-refractivity contribution in [1.29, 1.82) is 0 Å². The molecule has 0 fully saturated rings. The van der Waals surface area contributed by atoms with Crippen molar-refractivity contribution in [2.24, 2.45) is 0 Å². The van der Waals surface area contributed by atoms with E-state index < -0.39 is 0 Å². The zero-order valence-electron chi connectivity index (χ0n) is 15.7. The Balaban J connectivity index is 1.99. The van der Waals surface area contributed by atoms with Gasteiger partial charge in [-0.1, -0.05) is 42.5 Å². The Morgan fingerprint density at radius 1 is 0.929 bits per heavy atom. The van der Waals surface area contributed by atoms with Crippen LogP contribution in [0.3, 0.4) is 0 Å². The summed E-state index contributed by atoms with van der Waals surface area (Å²) >= 11 is 2.33. The number of hydrogen-bond acceptors (Lipinski definition) is 5. The van der Waals surface area contributed by atoms with E-state index in [9.17, 15) is 0 Å². The largest absolute Gasteiger partial charge is 0.494 e. The number of ether oxygens (including phenoxy) is 1. The smallest absolute Gasteiger partial charge is 0.205 e. The number of aromatic nitrogens is 5. The first-order valence-corrected chi connectivity index (χ1v) is 9.82. The normalized spacial score (nSPS) is 10.9. The molecule has 0 aliphatic carbocycles. The Morgan fingerprint density at radius 2 is 1.71 bits per heavy atom. The summed E-state index contributed by atoms with van der Waals surface area (Å²) < 4.78 is 6.76. The number of rotatable bonds is 4. The summed E-state index contributed by atoms with van der Waals surface area (Å²) in [6.45, 7) is 3.97. The van der Waals surface area contributed by atoms with Gasteiger partial charge in [-0.2, -0.15) is 5.21 Å². The van der Waals surface area contributed by atoms with Crippen LogP contribution in [0.1, 0.15) is 11.4 Å². The van der Waals surface area contributed by atoms with E-state index in [2.05, 4.69) is 78.5 Å². The minimum absolute atomic E-state index is 0.553. The Bertz CT molecular complexity index is 1130. The SMILES string of the molecule is COc1c(C)nc(C)c(I)c1-c1ccc(-c2ccccc2)c(-c2nn[nH]n2)c1. The van der Waals surface area contributed by atoms with Crippen LogP contribution < -0.4 is 4.74 Å². The summed E-state index contributed by atoms with van der Waals surface area (Å²) in [6, 6.07) is 16.5. The fourth-order valence-corrected chi connectivity index (χ4v) is 4.03. The van der Waals surface area contributed by atoms with Crippen molar-refractivity contribution in [3.63, 3.8) is 0 Å². The number of halogens is 1. The Morgan fingerprint density at radius 3 is 2.39 bits per heavy atom. The van der Waals surface area contributed by atoms with Crippen LogP contribution in [0.15, 0.2) is 48.5 Å². The van der Waals surface area contributed by atoms with Gasteiger partial charge in [0.05, 0.1) is 18.5 Å². The van der Waals surface area contributed by atoms with Crippen molar-refractivity contribution in [3.8, 4) is 39.4 Å². The number of methoxy groups -OCH3 is 1. The molecule has 2 aromatic heterocycles. The molecule has 0 atom stereocenters. The molecule has 140 valence electrons. The number of hydrogen-bond donors (Lipinski definition) is 1. The molecule has 0 saturated heterocycles. The highest BCUT2D eigenvalue weighted by Crippen LogP contribution is 2.40. The number of nitrogens with one attached hydrogen (secondary N) is 1. The van der Waals surface area contributed by atoms with E-state index in [0.29, 0.717) is 5.82 Å². The molecule has 7 heteroatoms. The van der Waals surface area contributed by atoms with Gasteiger partial charge in [-0.3, -0.25) is 4.98 Å². The predicted octanol–water partition coefficient (Wildman–Crippen LogP) is 4.83. The molecule has 28 heavy (non-hydrogen) atoms. The second kappa shape index (κ2) is 7.67. The standard InChI is InChI=1S/C21H18IN5O/c1-12-19(22)18(20(28-3)13(2)23-12)15-9-10-16(14-7-5-4-6-8-14)17(11-15)21-24-26-27-25-21/h4-11H,1-3H3,(H,24,25,26,27). The number of tetrazole rings is 1. The van der Waals surface area contributed by atoms with Gasteiger partial charge in [-0.05, 0) is 64.4 Å². The van der Waals surface area contributed by atoms with Crippen molar-refractivity contribution >= 4 is 22.6 Å². The zero-order valence-corrected chi connectivity index (χ0v) is 17.9. The van der Waals surface area contributed by atoms with Gasteiger partial charge in [-0.25, -0.2) is 0 Å². The van der Waals surface area contributed by atoms with Crippen molar-refractivity contribution < 1.29 is 4.74 Å². The summed E-state index contributed by atoms with van der Waals surface area (Å²) in [5.41, 5.74) is 6.93. The highest BCUT2D eigenvalue weighted by Gasteiger charge is 2.19. The lowest BCUT2D eigenvalue weighted by Crippen LogP contribution is -2.01. The summed E-state index contributed by atoms with van der Waals surface area (Å²) in [5, 5.41) is 14.7. The zero-order chi connectivity index (χ0) is 19.7. The molecule has 0 aliphatic rings. The number of nitrogens with zero attached hydrogens (tertiary/aromatic N) is 4. The molecule has 2 aromatic carbocycles. The molecule has 0 amide bonds. The highest BCUT2D eigenvalue weighted by molar-refractivity contribution is 14.1. The maximum absolute atomic E-state index is 5.69. The first-order valence-electron chi connectivity index (χ1n) is 8.74. The number of H-pyrrole nitrogens is 1. The van der Waals surface area contributed by atoms with Gasteiger partial charge in [-0.15, -0.1) is 10.2 Å². The number of aryl methyl sites for hydroxylation is 2. The van der Waals surface area contributed by atoms with Gasteiger partial charge in [0.2, 0.25) is 5.82 Å². The van der Waals surface area contributed by atoms with Crippen LogP contribution in [0.2, 0.25) is 0 Å². The first-order chi connectivity index (χ1) is 13.6. The Kier molecular flexibility index (Phi) is 5.08. The molecule has 0 spiro atoms. The third-order valence-corrected chi connectivity index (χ3v) is 5.93. The van der Waals surface area contributed by atoms with Gasteiger partial charge in [0, 0.05) is 14.7 Å². The molecule has 6 nitrogen and oxygen atoms in total. The van der Waals surface area contributed by atoms with Crippen molar-refractivity contribution in [2.75, 3.05) is 7.11 Å². The Hall–Kier alpha value is -2.81. The van der Waals surface area contributed by atoms with Gasteiger partial charge < -0.3 is 4.74 Å². The molecule has 0 radical (unpaired) electrons. The lowest BCUT2D eigenvalue weighted by Gasteiger charge is -2.17. The van der Waals surface area contributed by atoms with Gasteiger partial charge in [0.15, 0.2) is 0 Å². The van der Waals surface area contributed by atoms with Gasteiger partial charge >= 0.3 is 0 Å². The van der Waals surface area contributed by atoms with Crippen molar-refractivity contribution in [1.82, 2.24) is 25.6 Å². The average molecular weight is 483 g/mol. The molecule has 0 unspecified atom stereocenters. The number of pyridine rings is 1. The molecule has 4 aromatic rings. The maximum atomic E-state index is 5.69. The van der Waals surface area contributed by atoms with E-state index >= 15 is 0 Å². The van der Waals surface area contributed by atoms with Gasteiger partial charge in [0.25, 0.3) is 0 Å².